The van der Waals surface area contributed by atoms with Gasteiger partial charge in [0, 0.05) is 21.2 Å². The summed E-state index contributed by atoms with van der Waals surface area (Å²) >= 11 is 6.89. The highest BCUT2D eigenvalue weighted by atomic mass is 79.9. The number of hydrogen-bond donors (Lipinski definition) is 2. The van der Waals surface area contributed by atoms with Gasteiger partial charge in [-0.2, -0.15) is 0 Å². The molecule has 0 aliphatic heterocycles. The number of nitrogens with two attached hydrogens (primary N) is 1. The molecule has 3 N–H and O–H groups in total. The maximum atomic E-state index is 5.72. The van der Waals surface area contributed by atoms with Crippen LogP contribution in [0.4, 0.5) is 0 Å². The summed E-state index contributed by atoms with van der Waals surface area (Å²) in [7, 11) is 3.22. The van der Waals surface area contributed by atoms with Crippen molar-refractivity contribution in [2.45, 2.75) is 6.04 Å². The van der Waals surface area contributed by atoms with Crippen molar-refractivity contribution in [3.63, 3.8) is 0 Å². The van der Waals surface area contributed by atoms with Crippen LogP contribution < -0.4 is 20.7 Å². The van der Waals surface area contributed by atoms with E-state index in [9.17, 15) is 0 Å². The Morgan fingerprint density at radius 2 is 1.71 bits per heavy atom. The van der Waals surface area contributed by atoms with Crippen molar-refractivity contribution in [3.05, 3.63) is 50.7 Å². The van der Waals surface area contributed by atoms with E-state index in [1.165, 1.54) is 0 Å². The predicted octanol–water partition coefficient (Wildman–Crippen LogP) is 3.18. The zero-order valence-corrected chi connectivity index (χ0v) is 14.7. The van der Waals surface area contributed by atoms with Gasteiger partial charge in [-0.05, 0) is 55.6 Å². The summed E-state index contributed by atoms with van der Waals surface area (Å²) < 4.78 is 12.3. The van der Waals surface area contributed by atoms with Crippen LogP contribution in [-0.4, -0.2) is 19.2 Å². The van der Waals surface area contributed by atoms with Gasteiger partial charge in [0.05, 0.1) is 26.0 Å². The molecule has 1 aromatic heterocycles. The molecule has 21 heavy (non-hydrogen) atoms. The Labute approximate surface area is 140 Å². The van der Waals surface area contributed by atoms with Crippen LogP contribution in [0, 0.1) is 0 Å². The fourth-order valence-corrected chi connectivity index (χ4v) is 3.18. The highest BCUT2D eigenvalue weighted by Gasteiger charge is 2.19. The first-order valence-electron chi connectivity index (χ1n) is 6.09. The zero-order chi connectivity index (χ0) is 15.4. The third-order valence-corrected chi connectivity index (χ3v) is 4.05. The molecule has 0 fully saturated rings. The molecule has 0 aliphatic rings. The van der Waals surface area contributed by atoms with E-state index in [1.54, 1.807) is 26.5 Å². The van der Waals surface area contributed by atoms with Crippen molar-refractivity contribution in [2.24, 2.45) is 5.84 Å². The predicted molar refractivity (Wildman–Crippen MR) is 88.3 cm³/mol. The number of hydrogen-bond acceptors (Lipinski definition) is 5. The fourth-order valence-electron chi connectivity index (χ4n) is 1.97. The van der Waals surface area contributed by atoms with E-state index in [0.717, 1.165) is 20.2 Å². The minimum atomic E-state index is -0.295. The van der Waals surface area contributed by atoms with Gasteiger partial charge < -0.3 is 9.47 Å². The normalized spacial score (nSPS) is 12.0. The molecule has 0 radical (unpaired) electrons. The van der Waals surface area contributed by atoms with Crippen molar-refractivity contribution >= 4 is 31.9 Å². The summed E-state index contributed by atoms with van der Waals surface area (Å²) in [6.07, 6.45) is 1.72. The number of benzene rings is 1. The molecule has 0 saturated heterocycles. The molecule has 1 aromatic carbocycles. The number of pyridine rings is 1. The molecular weight excluding hydrogens is 402 g/mol. The Morgan fingerprint density at radius 1 is 1.10 bits per heavy atom. The smallest absolute Gasteiger partial charge is 0.122 e. The van der Waals surface area contributed by atoms with Crippen molar-refractivity contribution in [1.29, 1.82) is 0 Å². The minimum Gasteiger partial charge on any atom is -0.497 e. The third kappa shape index (κ3) is 3.74. The van der Waals surface area contributed by atoms with Gasteiger partial charge >= 0.3 is 0 Å². The van der Waals surface area contributed by atoms with Gasteiger partial charge in [0.1, 0.15) is 11.5 Å². The van der Waals surface area contributed by atoms with Crippen LogP contribution in [0.25, 0.3) is 0 Å². The van der Waals surface area contributed by atoms with Crippen LogP contribution in [0.1, 0.15) is 17.3 Å². The first-order valence-corrected chi connectivity index (χ1v) is 7.67. The number of rotatable bonds is 5. The van der Waals surface area contributed by atoms with Gasteiger partial charge in [0.25, 0.3) is 0 Å². The highest BCUT2D eigenvalue weighted by molar-refractivity contribution is 9.11. The second kappa shape index (κ2) is 7.22. The number of nitrogens with one attached hydrogen (secondary N) is 1. The Bertz CT molecular complexity index is 615. The molecule has 0 saturated carbocycles. The Hall–Kier alpha value is -1.15. The number of hydrazine groups is 1. The zero-order valence-electron chi connectivity index (χ0n) is 11.6. The Balaban J connectivity index is 2.50. The third-order valence-electron chi connectivity index (χ3n) is 2.98. The van der Waals surface area contributed by atoms with Crippen LogP contribution in [0.2, 0.25) is 0 Å². The molecular formula is C14H15Br2N3O2. The molecule has 0 bridgehead atoms. The molecule has 1 unspecified atom stereocenters. The summed E-state index contributed by atoms with van der Waals surface area (Å²) in [4.78, 5) is 4.42. The molecule has 2 rings (SSSR count). The van der Waals surface area contributed by atoms with Gasteiger partial charge in [0.15, 0.2) is 0 Å². The molecule has 7 heteroatoms. The second-order valence-corrected chi connectivity index (χ2v) is 6.04. The molecule has 0 spiro atoms. The van der Waals surface area contributed by atoms with Gasteiger partial charge in [-0.15, -0.1) is 0 Å². The van der Waals surface area contributed by atoms with E-state index in [0.29, 0.717) is 11.5 Å². The van der Waals surface area contributed by atoms with E-state index in [-0.39, 0.29) is 6.04 Å². The number of nitrogens with zero attached hydrogens (tertiary/aromatic N) is 1. The van der Waals surface area contributed by atoms with Gasteiger partial charge in [-0.25, -0.2) is 5.43 Å². The van der Waals surface area contributed by atoms with Crippen molar-refractivity contribution in [1.82, 2.24) is 10.4 Å². The van der Waals surface area contributed by atoms with E-state index in [1.807, 2.05) is 18.2 Å². The first kappa shape index (κ1) is 16.2. The molecule has 112 valence electrons. The topological polar surface area (TPSA) is 69.4 Å². The van der Waals surface area contributed by atoms with Gasteiger partial charge in [0.2, 0.25) is 0 Å². The summed E-state index contributed by atoms with van der Waals surface area (Å²) in [5, 5.41) is 0. The lowest BCUT2D eigenvalue weighted by Crippen LogP contribution is -2.29. The fraction of sp³-hybridized carbons (Fsp3) is 0.214. The quantitative estimate of drug-likeness (QED) is 0.578. The summed E-state index contributed by atoms with van der Waals surface area (Å²) in [5.41, 5.74) is 4.45. The van der Waals surface area contributed by atoms with Crippen molar-refractivity contribution in [2.75, 3.05) is 14.2 Å². The minimum absolute atomic E-state index is 0.295. The molecule has 2 aromatic rings. The lowest BCUT2D eigenvalue weighted by Gasteiger charge is -2.19. The van der Waals surface area contributed by atoms with Crippen LogP contribution in [0.15, 0.2) is 39.4 Å². The largest absolute Gasteiger partial charge is 0.497 e. The van der Waals surface area contributed by atoms with Crippen molar-refractivity contribution < 1.29 is 9.47 Å². The number of methoxy groups -OCH3 is 2. The van der Waals surface area contributed by atoms with Gasteiger partial charge in [-0.3, -0.25) is 10.8 Å². The first-order chi connectivity index (χ1) is 10.1. The number of ether oxygens (including phenoxy) is 2. The molecule has 0 amide bonds. The summed E-state index contributed by atoms with van der Waals surface area (Å²) in [5.74, 6) is 7.11. The SMILES string of the molecule is COc1cc(OC)cc(C(NN)c2ncc(Br)cc2Br)c1. The maximum Gasteiger partial charge on any atom is 0.122 e. The number of halogens is 2. The van der Waals surface area contributed by atoms with E-state index in [2.05, 4.69) is 42.3 Å². The molecule has 0 aliphatic carbocycles. The Morgan fingerprint density at radius 3 is 2.19 bits per heavy atom. The molecule has 1 atom stereocenters. The van der Waals surface area contributed by atoms with Crippen LogP contribution >= 0.6 is 31.9 Å². The van der Waals surface area contributed by atoms with Crippen LogP contribution in [-0.2, 0) is 0 Å². The van der Waals surface area contributed by atoms with Gasteiger partial charge in [-0.1, -0.05) is 0 Å². The van der Waals surface area contributed by atoms with E-state index >= 15 is 0 Å². The summed E-state index contributed by atoms with van der Waals surface area (Å²) in [6.45, 7) is 0. The van der Waals surface area contributed by atoms with Crippen molar-refractivity contribution in [3.8, 4) is 11.5 Å². The van der Waals surface area contributed by atoms with E-state index in [4.69, 9.17) is 15.3 Å². The number of aromatic nitrogens is 1. The summed E-state index contributed by atoms with van der Waals surface area (Å²) in [6, 6.07) is 7.22. The Kier molecular flexibility index (Phi) is 5.58. The maximum absolute atomic E-state index is 5.72. The lowest BCUT2D eigenvalue weighted by atomic mass is 10.0. The van der Waals surface area contributed by atoms with Crippen LogP contribution in [0.5, 0.6) is 11.5 Å². The second-order valence-electron chi connectivity index (χ2n) is 4.27. The van der Waals surface area contributed by atoms with E-state index < -0.39 is 0 Å². The lowest BCUT2D eigenvalue weighted by molar-refractivity contribution is 0.392. The standard InChI is InChI=1S/C14H15Br2N3O2/c1-20-10-3-8(4-11(6-10)21-2)13(19-17)14-12(16)5-9(15)7-18-14/h3-7,13,19H,17H2,1-2H3. The molecule has 5 nitrogen and oxygen atoms in total. The monoisotopic (exact) mass is 415 g/mol. The average Bonchev–Trinajstić information content (AvgIpc) is 2.49. The average molecular weight is 417 g/mol. The molecule has 1 heterocycles. The van der Waals surface area contributed by atoms with Crippen LogP contribution in [0.3, 0.4) is 0 Å². The highest BCUT2D eigenvalue weighted by Crippen LogP contribution is 2.32.